The highest BCUT2D eigenvalue weighted by atomic mass is 127. The minimum absolute atomic E-state index is 0. The van der Waals surface area contributed by atoms with Crippen molar-refractivity contribution in [3.63, 3.8) is 0 Å². The molecule has 0 atom stereocenters. The number of aliphatic imine (C=N–C) groups is 1. The van der Waals surface area contributed by atoms with Gasteiger partial charge in [0.25, 0.3) is 0 Å². The van der Waals surface area contributed by atoms with Gasteiger partial charge in [0.05, 0.1) is 12.0 Å². The molecule has 0 amide bonds. The van der Waals surface area contributed by atoms with E-state index in [4.69, 9.17) is 4.42 Å². The van der Waals surface area contributed by atoms with Gasteiger partial charge in [0.1, 0.15) is 18.1 Å². The number of anilines is 1. The second-order valence-electron chi connectivity index (χ2n) is 5.71. The number of piperazine rings is 1. The van der Waals surface area contributed by atoms with Crippen LogP contribution < -0.4 is 10.2 Å². The maximum absolute atomic E-state index is 10.0. The van der Waals surface area contributed by atoms with E-state index in [1.807, 2.05) is 30.3 Å². The molecule has 0 aliphatic carbocycles. The van der Waals surface area contributed by atoms with Crippen molar-refractivity contribution >= 4 is 35.6 Å². The highest BCUT2D eigenvalue weighted by molar-refractivity contribution is 14.0. The number of nitrogens with one attached hydrogen (secondary N) is 1. The molecule has 1 fully saturated rings. The van der Waals surface area contributed by atoms with Crippen molar-refractivity contribution in [2.45, 2.75) is 13.5 Å². The summed E-state index contributed by atoms with van der Waals surface area (Å²) in [5.74, 6) is 2.11. The number of benzene rings is 1. The smallest absolute Gasteiger partial charge is 0.194 e. The van der Waals surface area contributed by atoms with E-state index in [1.54, 1.807) is 12.3 Å². The number of para-hydroxylation sites is 2. The highest BCUT2D eigenvalue weighted by Gasteiger charge is 2.21. The molecule has 1 aliphatic heterocycles. The first kappa shape index (κ1) is 19.4. The molecule has 0 unspecified atom stereocenters. The second kappa shape index (κ2) is 9.55. The summed E-state index contributed by atoms with van der Waals surface area (Å²) in [4.78, 5) is 9.13. The molecule has 0 radical (unpaired) electrons. The van der Waals surface area contributed by atoms with E-state index in [0.29, 0.717) is 12.3 Å². The Balaban J connectivity index is 0.00000225. The number of hydrogen-bond donors (Lipinski definition) is 2. The van der Waals surface area contributed by atoms with Crippen molar-refractivity contribution in [3.8, 4) is 5.75 Å². The normalized spacial score (nSPS) is 15.0. The van der Waals surface area contributed by atoms with Crippen molar-refractivity contribution < 1.29 is 9.52 Å². The van der Waals surface area contributed by atoms with E-state index in [-0.39, 0.29) is 24.0 Å². The molecule has 0 bridgehead atoms. The Morgan fingerprint density at radius 3 is 2.56 bits per heavy atom. The van der Waals surface area contributed by atoms with Crippen molar-refractivity contribution in [2.75, 3.05) is 37.6 Å². The molecule has 7 heteroatoms. The van der Waals surface area contributed by atoms with Gasteiger partial charge in [0.2, 0.25) is 0 Å². The predicted octanol–water partition coefficient (Wildman–Crippen LogP) is 2.89. The summed E-state index contributed by atoms with van der Waals surface area (Å²) >= 11 is 0. The fourth-order valence-corrected chi connectivity index (χ4v) is 2.87. The van der Waals surface area contributed by atoms with Gasteiger partial charge in [-0.15, -0.1) is 24.0 Å². The van der Waals surface area contributed by atoms with Gasteiger partial charge in [0.15, 0.2) is 5.96 Å². The summed E-state index contributed by atoms with van der Waals surface area (Å²) in [7, 11) is 0. The van der Waals surface area contributed by atoms with E-state index in [2.05, 4.69) is 27.0 Å². The maximum atomic E-state index is 10.0. The van der Waals surface area contributed by atoms with Crippen LogP contribution in [0.2, 0.25) is 0 Å². The Bertz CT molecular complexity index is 667. The molecule has 6 nitrogen and oxygen atoms in total. The lowest BCUT2D eigenvalue weighted by atomic mass is 10.2. The summed E-state index contributed by atoms with van der Waals surface area (Å²) in [5, 5.41) is 13.4. The molecule has 0 saturated carbocycles. The molecule has 1 aromatic heterocycles. The van der Waals surface area contributed by atoms with Gasteiger partial charge in [0, 0.05) is 32.7 Å². The third kappa shape index (κ3) is 5.04. The number of nitrogens with zero attached hydrogens (tertiary/aromatic N) is 3. The summed E-state index contributed by atoms with van der Waals surface area (Å²) in [6, 6.07) is 11.3. The number of halogens is 1. The minimum atomic E-state index is 0. The van der Waals surface area contributed by atoms with Gasteiger partial charge >= 0.3 is 0 Å². The first-order valence-electron chi connectivity index (χ1n) is 8.36. The molecule has 0 spiro atoms. The first-order chi connectivity index (χ1) is 11.8. The summed E-state index contributed by atoms with van der Waals surface area (Å²) in [5.41, 5.74) is 0.898. The summed E-state index contributed by atoms with van der Waals surface area (Å²) in [6.07, 6.45) is 1.67. The lowest BCUT2D eigenvalue weighted by Crippen LogP contribution is -2.52. The standard InChI is InChI=1S/C18H24N4O2.HI/c1-2-19-18(20-14-15-6-5-13-24-15)22-11-9-21(10-12-22)16-7-3-4-8-17(16)23;/h3-8,13,23H,2,9-12,14H2,1H3,(H,19,20);1H. The quantitative estimate of drug-likeness (QED) is 0.421. The Morgan fingerprint density at radius 1 is 1.16 bits per heavy atom. The SMILES string of the molecule is CCNC(=NCc1ccco1)N1CCN(c2ccccc2O)CC1.I. The van der Waals surface area contributed by atoms with Gasteiger partial charge in [-0.25, -0.2) is 4.99 Å². The second-order valence-corrected chi connectivity index (χ2v) is 5.71. The van der Waals surface area contributed by atoms with Gasteiger partial charge in [-0.1, -0.05) is 12.1 Å². The summed E-state index contributed by atoms with van der Waals surface area (Å²) in [6.45, 7) is 6.86. The maximum Gasteiger partial charge on any atom is 0.194 e. The van der Waals surface area contributed by atoms with Crippen LogP contribution in [0.1, 0.15) is 12.7 Å². The molecular formula is C18H25IN4O2. The largest absolute Gasteiger partial charge is 0.506 e. The van der Waals surface area contributed by atoms with E-state index >= 15 is 0 Å². The van der Waals surface area contributed by atoms with Gasteiger partial charge < -0.3 is 24.6 Å². The van der Waals surface area contributed by atoms with Crippen molar-refractivity contribution in [1.82, 2.24) is 10.2 Å². The Hall–Kier alpha value is -1.90. The molecule has 3 rings (SSSR count). The average Bonchev–Trinajstić information content (AvgIpc) is 3.13. The molecule has 1 aromatic carbocycles. The van der Waals surface area contributed by atoms with Crippen LogP contribution >= 0.6 is 24.0 Å². The molecule has 2 aromatic rings. The van der Waals surface area contributed by atoms with Crippen molar-refractivity contribution in [3.05, 3.63) is 48.4 Å². The predicted molar refractivity (Wildman–Crippen MR) is 111 cm³/mol. The lowest BCUT2D eigenvalue weighted by Gasteiger charge is -2.37. The molecule has 2 N–H and O–H groups in total. The van der Waals surface area contributed by atoms with E-state index in [9.17, 15) is 5.11 Å². The summed E-state index contributed by atoms with van der Waals surface area (Å²) < 4.78 is 5.35. The molecule has 25 heavy (non-hydrogen) atoms. The van der Waals surface area contributed by atoms with Crippen LogP contribution in [-0.2, 0) is 6.54 Å². The third-order valence-corrected chi connectivity index (χ3v) is 4.10. The first-order valence-corrected chi connectivity index (χ1v) is 8.36. The van der Waals surface area contributed by atoms with Gasteiger partial charge in [-0.05, 0) is 31.2 Å². The zero-order valence-corrected chi connectivity index (χ0v) is 16.7. The fourth-order valence-electron chi connectivity index (χ4n) is 2.87. The number of phenols is 1. The zero-order chi connectivity index (χ0) is 16.8. The number of guanidine groups is 1. The number of rotatable bonds is 4. The van der Waals surface area contributed by atoms with Gasteiger partial charge in [-0.3, -0.25) is 0 Å². The number of phenolic OH excluding ortho intramolecular Hbond substituents is 1. The van der Waals surface area contributed by atoms with Crippen molar-refractivity contribution in [1.29, 1.82) is 0 Å². The molecule has 136 valence electrons. The lowest BCUT2D eigenvalue weighted by molar-refractivity contribution is 0.369. The molecule has 1 aliphatic rings. The average molecular weight is 456 g/mol. The molecule has 2 heterocycles. The van der Waals surface area contributed by atoms with E-state index in [0.717, 1.165) is 50.1 Å². The van der Waals surface area contributed by atoms with Crippen LogP contribution in [0.5, 0.6) is 5.75 Å². The van der Waals surface area contributed by atoms with Crippen LogP contribution in [0.3, 0.4) is 0 Å². The Labute approximate surface area is 165 Å². The zero-order valence-electron chi connectivity index (χ0n) is 14.4. The number of aromatic hydroxyl groups is 1. The monoisotopic (exact) mass is 456 g/mol. The Kier molecular flexibility index (Phi) is 7.42. The van der Waals surface area contributed by atoms with Crippen LogP contribution in [-0.4, -0.2) is 48.7 Å². The number of hydrogen-bond acceptors (Lipinski definition) is 4. The Morgan fingerprint density at radius 2 is 1.92 bits per heavy atom. The van der Waals surface area contributed by atoms with Crippen LogP contribution in [0.15, 0.2) is 52.1 Å². The number of furan rings is 1. The van der Waals surface area contributed by atoms with E-state index < -0.39 is 0 Å². The van der Waals surface area contributed by atoms with E-state index in [1.165, 1.54) is 0 Å². The highest BCUT2D eigenvalue weighted by Crippen LogP contribution is 2.27. The fraction of sp³-hybridized carbons (Fsp3) is 0.389. The van der Waals surface area contributed by atoms with Crippen LogP contribution in [0.25, 0.3) is 0 Å². The molecular weight excluding hydrogens is 431 g/mol. The van der Waals surface area contributed by atoms with Crippen LogP contribution in [0.4, 0.5) is 5.69 Å². The van der Waals surface area contributed by atoms with Crippen LogP contribution in [0, 0.1) is 0 Å². The molecule has 1 saturated heterocycles. The topological polar surface area (TPSA) is 64.2 Å². The van der Waals surface area contributed by atoms with Gasteiger partial charge in [-0.2, -0.15) is 0 Å². The third-order valence-electron chi connectivity index (χ3n) is 4.10. The van der Waals surface area contributed by atoms with Crippen molar-refractivity contribution in [2.24, 2.45) is 4.99 Å². The minimum Gasteiger partial charge on any atom is -0.506 e.